The third kappa shape index (κ3) is 4.70. The third-order valence-electron chi connectivity index (χ3n) is 5.11. The molecular formula is C21H17F4N3O4S. The Morgan fingerprint density at radius 2 is 1.94 bits per heavy atom. The first kappa shape index (κ1) is 22.8. The molecule has 0 saturated carbocycles. The lowest BCUT2D eigenvalue weighted by Crippen LogP contribution is -2.36. The van der Waals surface area contributed by atoms with Gasteiger partial charge in [0.15, 0.2) is 11.6 Å². The smallest absolute Gasteiger partial charge is 0.416 e. The van der Waals surface area contributed by atoms with Crippen LogP contribution in [0.3, 0.4) is 0 Å². The molecule has 2 aromatic carbocycles. The van der Waals surface area contributed by atoms with Crippen molar-refractivity contribution in [1.82, 2.24) is 14.9 Å². The van der Waals surface area contributed by atoms with E-state index >= 15 is 0 Å². The van der Waals surface area contributed by atoms with E-state index in [-0.39, 0.29) is 35.4 Å². The maximum atomic E-state index is 14.2. The number of fused-ring (bicyclic) bond motifs is 1. The van der Waals surface area contributed by atoms with Crippen LogP contribution in [-0.4, -0.2) is 42.0 Å². The zero-order chi connectivity index (χ0) is 24.0. The Morgan fingerprint density at radius 1 is 1.18 bits per heavy atom. The van der Waals surface area contributed by atoms with Crippen LogP contribution in [0.2, 0.25) is 0 Å². The summed E-state index contributed by atoms with van der Waals surface area (Å²) in [5.74, 6) is -1.68. The number of nitrogens with one attached hydrogen (secondary N) is 1. The van der Waals surface area contributed by atoms with Crippen LogP contribution in [0.5, 0.6) is 11.5 Å². The Hall–Kier alpha value is -3.41. The number of aromatic amines is 1. The van der Waals surface area contributed by atoms with Gasteiger partial charge >= 0.3 is 6.18 Å². The molecule has 4 rings (SSSR count). The van der Waals surface area contributed by atoms with Crippen LogP contribution in [0.1, 0.15) is 27.2 Å². The van der Waals surface area contributed by atoms with E-state index in [9.17, 15) is 30.8 Å². The lowest BCUT2D eigenvalue weighted by molar-refractivity contribution is -0.137. The van der Waals surface area contributed by atoms with E-state index in [0.717, 1.165) is 18.4 Å². The second-order valence-corrected chi connectivity index (χ2v) is 9.41. The molecular weight excluding hydrogens is 466 g/mol. The van der Waals surface area contributed by atoms with Crippen molar-refractivity contribution < 1.29 is 35.5 Å². The van der Waals surface area contributed by atoms with Gasteiger partial charge in [0.05, 0.1) is 5.56 Å². The van der Waals surface area contributed by atoms with Gasteiger partial charge < -0.3 is 14.6 Å². The first-order chi connectivity index (χ1) is 15.4. The van der Waals surface area contributed by atoms with Crippen molar-refractivity contribution in [3.63, 3.8) is 0 Å². The molecule has 1 aliphatic rings. The van der Waals surface area contributed by atoms with Crippen molar-refractivity contribution in [2.45, 2.75) is 24.3 Å². The van der Waals surface area contributed by atoms with E-state index in [1.54, 1.807) is 18.2 Å². The second kappa shape index (κ2) is 8.18. The number of halogens is 4. The first-order valence-electron chi connectivity index (χ1n) is 9.63. The number of hydrogen-bond donors (Lipinski definition) is 1. The van der Waals surface area contributed by atoms with Gasteiger partial charge in [-0.15, -0.1) is 0 Å². The van der Waals surface area contributed by atoms with Crippen molar-refractivity contribution in [2.75, 3.05) is 12.8 Å². The molecule has 7 nitrogen and oxygen atoms in total. The predicted octanol–water partition coefficient (Wildman–Crippen LogP) is 3.96. The second-order valence-electron chi connectivity index (χ2n) is 7.48. The average molecular weight is 483 g/mol. The van der Waals surface area contributed by atoms with E-state index in [4.69, 9.17) is 4.74 Å². The van der Waals surface area contributed by atoms with E-state index in [2.05, 4.69) is 9.97 Å². The molecule has 174 valence electrons. The third-order valence-corrected chi connectivity index (χ3v) is 6.03. The van der Waals surface area contributed by atoms with Crippen LogP contribution in [0, 0.1) is 5.82 Å². The summed E-state index contributed by atoms with van der Waals surface area (Å²) in [6.07, 6.45) is -2.14. The van der Waals surface area contributed by atoms with Gasteiger partial charge in [-0.05, 0) is 36.2 Å². The zero-order valence-corrected chi connectivity index (χ0v) is 17.9. The number of ether oxygens (including phenoxy) is 1. The van der Waals surface area contributed by atoms with Gasteiger partial charge in [0.25, 0.3) is 5.91 Å². The number of rotatable bonds is 4. The number of carbonyl (C=O) groups is 1. The van der Waals surface area contributed by atoms with Crippen molar-refractivity contribution in [1.29, 1.82) is 0 Å². The summed E-state index contributed by atoms with van der Waals surface area (Å²) < 4.78 is 81.2. The molecule has 0 unspecified atom stereocenters. The van der Waals surface area contributed by atoms with Gasteiger partial charge in [-0.2, -0.15) is 13.2 Å². The van der Waals surface area contributed by atoms with E-state index in [0.29, 0.717) is 23.6 Å². The maximum absolute atomic E-state index is 14.2. The van der Waals surface area contributed by atoms with Crippen molar-refractivity contribution >= 4 is 15.7 Å². The van der Waals surface area contributed by atoms with Gasteiger partial charge in [-0.25, -0.2) is 17.8 Å². The van der Waals surface area contributed by atoms with Crippen molar-refractivity contribution in [3.8, 4) is 11.5 Å². The number of sulfone groups is 1. The summed E-state index contributed by atoms with van der Waals surface area (Å²) >= 11 is 0. The Kier molecular flexibility index (Phi) is 5.64. The summed E-state index contributed by atoms with van der Waals surface area (Å²) in [5, 5.41) is -0.308. The summed E-state index contributed by atoms with van der Waals surface area (Å²) in [6.45, 7) is 0.421. The highest BCUT2D eigenvalue weighted by atomic mass is 32.2. The number of amides is 1. The molecule has 1 N–H and O–H groups in total. The highest BCUT2D eigenvalue weighted by Crippen LogP contribution is 2.36. The topological polar surface area (TPSA) is 92.4 Å². The number of hydrogen-bond acceptors (Lipinski definition) is 5. The minimum atomic E-state index is -4.67. The fourth-order valence-electron chi connectivity index (χ4n) is 3.49. The molecule has 0 bridgehead atoms. The summed E-state index contributed by atoms with van der Waals surface area (Å²) in [6, 6.07) is 6.98. The molecule has 3 aromatic rings. The molecule has 0 radical (unpaired) electrons. The zero-order valence-electron chi connectivity index (χ0n) is 17.1. The molecule has 0 spiro atoms. The maximum Gasteiger partial charge on any atom is 0.416 e. The number of carbonyl (C=O) groups excluding carboxylic acids is 1. The van der Waals surface area contributed by atoms with E-state index in [1.807, 2.05) is 0 Å². The van der Waals surface area contributed by atoms with Crippen LogP contribution in [-0.2, 0) is 29.0 Å². The molecule has 1 aliphatic heterocycles. The molecule has 1 aromatic heterocycles. The molecule has 33 heavy (non-hydrogen) atoms. The van der Waals surface area contributed by atoms with Crippen LogP contribution in [0.15, 0.2) is 47.8 Å². The average Bonchev–Trinajstić information content (AvgIpc) is 3.24. The SMILES string of the molecule is CS(=O)(=O)c1nc(C(=O)N2CCc3c(cccc3Oc3ccc(C(F)(F)F)cc3F)C2)c[nH]1. The fraction of sp³-hybridized carbons (Fsp3) is 0.238. The lowest BCUT2D eigenvalue weighted by Gasteiger charge is -2.29. The number of alkyl halides is 3. The number of benzene rings is 2. The normalized spacial score (nSPS) is 14.2. The van der Waals surface area contributed by atoms with Crippen LogP contribution in [0.25, 0.3) is 0 Å². The molecule has 1 amide bonds. The number of imidazole rings is 1. The molecule has 0 atom stereocenters. The van der Waals surface area contributed by atoms with Crippen molar-refractivity contribution in [3.05, 3.63) is 70.8 Å². The van der Waals surface area contributed by atoms with Crippen LogP contribution in [0.4, 0.5) is 17.6 Å². The summed E-state index contributed by atoms with van der Waals surface area (Å²) in [4.78, 5) is 20.5. The molecule has 0 saturated heterocycles. The van der Waals surface area contributed by atoms with Gasteiger partial charge in [-0.3, -0.25) is 4.79 Å². The Bertz CT molecular complexity index is 1340. The van der Waals surface area contributed by atoms with Gasteiger partial charge in [-0.1, -0.05) is 12.1 Å². The van der Waals surface area contributed by atoms with Crippen LogP contribution >= 0.6 is 0 Å². The molecule has 0 fully saturated rings. The fourth-order valence-corrected chi connectivity index (χ4v) is 4.02. The van der Waals surface area contributed by atoms with Crippen LogP contribution < -0.4 is 4.74 Å². The minimum Gasteiger partial charge on any atom is -0.454 e. The number of nitrogens with zero attached hydrogens (tertiary/aromatic N) is 2. The van der Waals surface area contributed by atoms with Gasteiger partial charge in [0.2, 0.25) is 15.0 Å². The summed E-state index contributed by atoms with van der Waals surface area (Å²) in [7, 11) is -3.59. The Labute approximate surface area is 185 Å². The highest BCUT2D eigenvalue weighted by Gasteiger charge is 2.32. The van der Waals surface area contributed by atoms with E-state index in [1.165, 1.54) is 11.1 Å². The quantitative estimate of drug-likeness (QED) is 0.567. The molecule has 12 heteroatoms. The Balaban J connectivity index is 1.54. The number of H-pyrrole nitrogens is 1. The monoisotopic (exact) mass is 483 g/mol. The summed E-state index contributed by atoms with van der Waals surface area (Å²) in [5.41, 5.74) is 0.241. The highest BCUT2D eigenvalue weighted by molar-refractivity contribution is 7.90. The Morgan fingerprint density at radius 3 is 2.58 bits per heavy atom. The standard InChI is InChI=1S/C21H17F4N3O4S/c1-33(30,31)20-26-10-16(27-20)19(29)28-8-7-14-12(11-28)3-2-4-17(14)32-18-6-5-13(9-15(18)22)21(23,24)25/h2-6,9-10H,7-8,11H2,1H3,(H,26,27). The first-order valence-corrected chi connectivity index (χ1v) is 11.5. The lowest BCUT2D eigenvalue weighted by atomic mass is 9.98. The van der Waals surface area contributed by atoms with Crippen molar-refractivity contribution in [2.24, 2.45) is 0 Å². The minimum absolute atomic E-state index is 0.0434. The molecule has 0 aliphatic carbocycles. The number of aromatic nitrogens is 2. The predicted molar refractivity (Wildman–Crippen MR) is 108 cm³/mol. The largest absolute Gasteiger partial charge is 0.454 e. The van der Waals surface area contributed by atoms with Gasteiger partial charge in [0, 0.05) is 31.1 Å². The molecule has 2 heterocycles. The van der Waals surface area contributed by atoms with E-state index < -0.39 is 33.3 Å². The van der Waals surface area contributed by atoms with Gasteiger partial charge in [0.1, 0.15) is 11.4 Å².